The number of esters is 1. The summed E-state index contributed by atoms with van der Waals surface area (Å²) in [5.41, 5.74) is 0.802. The average molecular weight is 1030 g/mol. The van der Waals surface area contributed by atoms with Gasteiger partial charge < -0.3 is 32.9 Å². The Labute approximate surface area is 414 Å². The molecule has 13 nitrogen and oxygen atoms in total. The third-order valence-corrected chi connectivity index (χ3v) is 26.1. The average Bonchev–Trinajstić information content (AvgIpc) is 3.71. The van der Waals surface area contributed by atoms with Crippen molar-refractivity contribution in [1.29, 1.82) is 0 Å². The van der Waals surface area contributed by atoms with Crippen LogP contribution in [0, 0.1) is 17.3 Å². The van der Waals surface area contributed by atoms with Gasteiger partial charge in [-0.15, -0.1) is 0 Å². The lowest BCUT2D eigenvalue weighted by Gasteiger charge is -2.42. The fraction of sp³-hybridized carbons (Fsp3) is 0.784. The Balaban J connectivity index is 1.82. The largest absolute Gasteiger partial charge is 0.465 e. The van der Waals surface area contributed by atoms with Gasteiger partial charge in [0.2, 0.25) is 0 Å². The first-order valence-corrected chi connectivity index (χ1v) is 33.8. The van der Waals surface area contributed by atoms with E-state index in [1.807, 2.05) is 27.7 Å². The van der Waals surface area contributed by atoms with Gasteiger partial charge in [-0.05, 0) is 125 Å². The lowest BCUT2D eigenvalue weighted by Crippen LogP contribution is -2.49. The number of hydrogen-bond donors (Lipinski definition) is 1. The van der Waals surface area contributed by atoms with E-state index < -0.39 is 84.4 Å². The molecule has 1 N–H and O–H groups in total. The lowest BCUT2D eigenvalue weighted by atomic mass is 9.86. The molecule has 2 unspecified atom stereocenters. The number of carbonyl (C=O) groups is 1. The van der Waals surface area contributed by atoms with Gasteiger partial charge in [-0.25, -0.2) is 8.42 Å². The van der Waals surface area contributed by atoms with Crippen molar-refractivity contribution < 1.29 is 58.7 Å². The monoisotopic (exact) mass is 1030 g/mol. The number of ether oxygens (including phenoxy) is 4. The van der Waals surface area contributed by atoms with Crippen LogP contribution in [0.3, 0.4) is 0 Å². The molecule has 17 heteroatoms. The molecule has 2 heterocycles. The highest BCUT2D eigenvalue weighted by molar-refractivity contribution is 7.91. The Morgan fingerprint density at radius 1 is 0.882 bits per heavy atom. The number of hydrogen-bond acceptors (Lipinski definition) is 13. The molecule has 392 valence electrons. The number of sulfone groups is 1. The Morgan fingerprint density at radius 2 is 1.49 bits per heavy atom. The van der Waals surface area contributed by atoms with Crippen LogP contribution < -0.4 is 0 Å². The van der Waals surface area contributed by atoms with Gasteiger partial charge in [0.25, 0.3) is 10.1 Å². The van der Waals surface area contributed by atoms with Gasteiger partial charge >= 0.3 is 5.97 Å². The zero-order chi connectivity index (χ0) is 51.8. The van der Waals surface area contributed by atoms with Gasteiger partial charge in [0.1, 0.15) is 0 Å². The summed E-state index contributed by atoms with van der Waals surface area (Å²) in [6.45, 7) is 38.5. The fourth-order valence-corrected chi connectivity index (χ4v) is 13.0. The van der Waals surface area contributed by atoms with Crippen molar-refractivity contribution in [3.05, 3.63) is 54.6 Å². The van der Waals surface area contributed by atoms with Gasteiger partial charge in [0.05, 0.1) is 84.4 Å². The number of rotatable bonds is 26. The smallest absolute Gasteiger partial charge is 0.311 e. The molecule has 68 heavy (non-hydrogen) atoms. The molecule has 0 bridgehead atoms. The van der Waals surface area contributed by atoms with Crippen LogP contribution in [0.4, 0.5) is 0 Å². The minimum atomic E-state index is -3.85. The maximum absolute atomic E-state index is 14.1. The Morgan fingerprint density at radius 3 is 2.03 bits per heavy atom. The zero-order valence-electron chi connectivity index (χ0n) is 44.5. The standard InChI is InChI=1S/C51H90O13S2Si2/c1-35(29-39(63-65(14,54)55)26-27-44-36(2)30-38(61-44)23-22-28-59-48(53)49(4,5)6)37(3)43(52)32-45-42(34-66(56,57)41-24-20-19-21-25-41)47(58-13)46(62-45)31-40(64-68(17,18)51(10,11)12)33-60-67(15,16)50(7,8)9/h19-21,24-25,35,38-40,42-47,52H,2-3,22-23,26-34H2,1,4-18H3/t35-,38+,39-,40-,42+,43?,44?,45+,46-,47-/m1/s1. The summed E-state index contributed by atoms with van der Waals surface area (Å²) < 4.78 is 97.5. The molecule has 1 aromatic carbocycles. The summed E-state index contributed by atoms with van der Waals surface area (Å²) in [4.78, 5) is 12.4. The number of carbonyl (C=O) groups excluding carboxylic acids is 1. The Hall–Kier alpha value is -1.78. The maximum Gasteiger partial charge on any atom is 0.311 e. The zero-order valence-corrected chi connectivity index (χ0v) is 48.1. The van der Waals surface area contributed by atoms with E-state index in [4.69, 9.17) is 32.0 Å². The molecule has 0 saturated carbocycles. The van der Waals surface area contributed by atoms with Gasteiger partial charge in [-0.3, -0.25) is 8.98 Å². The number of benzene rings is 1. The molecule has 0 radical (unpaired) electrons. The van der Waals surface area contributed by atoms with E-state index in [1.54, 1.807) is 37.4 Å². The first-order chi connectivity index (χ1) is 31.0. The quantitative estimate of drug-likeness (QED) is 0.0306. The molecule has 0 aromatic heterocycles. The molecule has 2 saturated heterocycles. The molecular formula is C51H90O13S2Si2. The molecule has 10 atom stereocenters. The maximum atomic E-state index is 14.1. The summed E-state index contributed by atoms with van der Waals surface area (Å²) >= 11 is 0. The lowest BCUT2D eigenvalue weighted by molar-refractivity contribution is -0.153. The first-order valence-electron chi connectivity index (χ1n) is 24.5. The van der Waals surface area contributed by atoms with Crippen LogP contribution in [-0.4, -0.2) is 126 Å². The van der Waals surface area contributed by atoms with Gasteiger partial charge in [-0.2, -0.15) is 8.42 Å². The number of aliphatic hydroxyl groups excluding tert-OH is 1. The molecule has 0 spiro atoms. The van der Waals surface area contributed by atoms with Crippen LogP contribution in [0.25, 0.3) is 0 Å². The molecule has 2 aliphatic rings. The highest BCUT2D eigenvalue weighted by atomic mass is 32.2. The molecule has 3 rings (SSSR count). The highest BCUT2D eigenvalue weighted by Crippen LogP contribution is 2.43. The summed E-state index contributed by atoms with van der Waals surface area (Å²) in [7, 11) is -10.6. The van der Waals surface area contributed by atoms with Crippen molar-refractivity contribution >= 4 is 42.6 Å². The van der Waals surface area contributed by atoms with Gasteiger partial charge in [0, 0.05) is 25.9 Å². The molecule has 0 amide bonds. The van der Waals surface area contributed by atoms with Crippen molar-refractivity contribution in [2.45, 2.75) is 211 Å². The van der Waals surface area contributed by atoms with Gasteiger partial charge in [-0.1, -0.05) is 79.8 Å². The normalized spacial score (nSPS) is 24.2. The Kier molecular flexibility index (Phi) is 21.6. The van der Waals surface area contributed by atoms with E-state index >= 15 is 0 Å². The summed E-state index contributed by atoms with van der Waals surface area (Å²) in [6, 6.07) is 8.32. The third-order valence-electron chi connectivity index (χ3n) is 14.6. The van der Waals surface area contributed by atoms with Crippen molar-refractivity contribution in [2.75, 3.05) is 32.3 Å². The van der Waals surface area contributed by atoms with Crippen molar-refractivity contribution in [2.24, 2.45) is 17.3 Å². The van der Waals surface area contributed by atoms with Gasteiger partial charge in [0.15, 0.2) is 26.5 Å². The van der Waals surface area contributed by atoms with Crippen LogP contribution in [0.15, 0.2) is 59.5 Å². The van der Waals surface area contributed by atoms with Crippen molar-refractivity contribution in [3.63, 3.8) is 0 Å². The van der Waals surface area contributed by atoms with E-state index in [0.29, 0.717) is 57.3 Å². The molecule has 2 fully saturated rings. The van der Waals surface area contributed by atoms with Crippen LogP contribution in [0.1, 0.15) is 121 Å². The highest BCUT2D eigenvalue weighted by Gasteiger charge is 2.50. The SMILES string of the molecule is C=C1C[C@H](CCCOC(=O)C(C)(C)C)OC1CC[C@H](C[C@@H](C)C(=C)C(O)C[C@@H]1O[C@H](C[C@H](CO[Si](C)(C)C(C)(C)C)O[Si](C)(C)C(C)(C)C)[C@H](OC)[C@H]1CS(=O)(=O)c1ccccc1)OS(C)(=O)=O. The summed E-state index contributed by atoms with van der Waals surface area (Å²) in [5.74, 6) is -1.58. The number of aliphatic hydroxyl groups is 1. The van der Waals surface area contributed by atoms with E-state index in [1.165, 1.54) is 0 Å². The van der Waals surface area contributed by atoms with Crippen molar-refractivity contribution in [1.82, 2.24) is 0 Å². The van der Waals surface area contributed by atoms with Crippen LogP contribution >= 0.6 is 0 Å². The minimum Gasteiger partial charge on any atom is -0.465 e. The fourth-order valence-electron chi connectivity index (χ4n) is 8.31. The number of methoxy groups -OCH3 is 1. The molecule has 1 aromatic rings. The minimum absolute atomic E-state index is 0.0297. The second-order valence-corrected chi connectivity index (χ2v) is 36.8. The second-order valence-electron chi connectivity index (χ2n) is 23.6. The third kappa shape index (κ3) is 18.1. The summed E-state index contributed by atoms with van der Waals surface area (Å²) in [5, 5.41) is 11.8. The van der Waals surface area contributed by atoms with Crippen LogP contribution in [-0.2, 0) is 56.7 Å². The predicted octanol–water partition coefficient (Wildman–Crippen LogP) is 10.2. The second kappa shape index (κ2) is 24.3. The van der Waals surface area contributed by atoms with E-state index in [0.717, 1.165) is 11.8 Å². The van der Waals surface area contributed by atoms with Crippen LogP contribution in [0.5, 0.6) is 0 Å². The molecular weight excluding hydrogens is 941 g/mol. The topological polar surface area (TPSA) is 170 Å². The summed E-state index contributed by atoms with van der Waals surface area (Å²) in [6.07, 6.45) is -0.0837. The molecule has 0 aliphatic carbocycles. The predicted molar refractivity (Wildman–Crippen MR) is 276 cm³/mol. The molecule has 2 aliphatic heterocycles. The van der Waals surface area contributed by atoms with E-state index in [9.17, 15) is 26.7 Å². The van der Waals surface area contributed by atoms with E-state index in [2.05, 4.69) is 80.9 Å². The van der Waals surface area contributed by atoms with Crippen LogP contribution in [0.2, 0.25) is 36.3 Å². The Bertz CT molecular complexity index is 2020. The first kappa shape index (κ1) is 60.5. The van der Waals surface area contributed by atoms with Crippen molar-refractivity contribution in [3.8, 4) is 0 Å². The van der Waals surface area contributed by atoms with E-state index in [-0.39, 0.29) is 57.8 Å².